The maximum Gasteiger partial charge on any atom is 0.325 e. The van der Waals surface area contributed by atoms with Crippen LogP contribution in [-0.4, -0.2) is 51.5 Å². The molecule has 0 bridgehead atoms. The second kappa shape index (κ2) is 12.7. The summed E-state index contributed by atoms with van der Waals surface area (Å²) in [6, 6.07) is 2.24. The van der Waals surface area contributed by atoms with Crippen LogP contribution in [0.25, 0.3) is 0 Å². The summed E-state index contributed by atoms with van der Waals surface area (Å²) in [5.41, 5.74) is 0.279. The van der Waals surface area contributed by atoms with Crippen LogP contribution >= 0.6 is 34.2 Å². The van der Waals surface area contributed by atoms with Gasteiger partial charge in [0.2, 0.25) is 5.75 Å². The van der Waals surface area contributed by atoms with Gasteiger partial charge in [0, 0.05) is 30.3 Å². The van der Waals surface area contributed by atoms with Gasteiger partial charge in [-0.15, -0.1) is 11.6 Å². The van der Waals surface area contributed by atoms with Crippen LogP contribution < -0.4 is 29.0 Å². The van der Waals surface area contributed by atoms with Crippen molar-refractivity contribution in [1.29, 1.82) is 0 Å². The second-order valence-corrected chi connectivity index (χ2v) is 9.71. The Kier molecular flexibility index (Phi) is 11.1. The van der Waals surface area contributed by atoms with Crippen molar-refractivity contribution >= 4 is 50.3 Å². The molecule has 168 valence electrons. The Hall–Kier alpha value is -1.86. The monoisotopic (exact) mass is 574 g/mol. The molecule has 1 aromatic rings. The maximum absolute atomic E-state index is 12.7. The highest BCUT2D eigenvalue weighted by Crippen LogP contribution is 2.41. The number of carbonyl (C=O) groups excluding carboxylic acids is 1. The lowest BCUT2D eigenvalue weighted by Crippen LogP contribution is -2.36. The van der Waals surface area contributed by atoms with Crippen molar-refractivity contribution in [2.24, 2.45) is 0 Å². The van der Waals surface area contributed by atoms with E-state index < -0.39 is 19.4 Å². The molecule has 0 aromatic heterocycles. The average molecular weight is 575 g/mol. The average Bonchev–Trinajstić information content (AvgIpc) is 2.71. The summed E-state index contributed by atoms with van der Waals surface area (Å²) in [6.07, 6.45) is 4.55. The van der Waals surface area contributed by atoms with Crippen LogP contribution in [0.5, 0.6) is 23.0 Å². The molecule has 12 heteroatoms. The van der Waals surface area contributed by atoms with E-state index in [1.807, 2.05) is 0 Å². The molecule has 0 aliphatic heterocycles. The van der Waals surface area contributed by atoms with Gasteiger partial charge in [-0.2, -0.15) is 8.42 Å². The quantitative estimate of drug-likeness (QED) is 0.181. The highest BCUT2D eigenvalue weighted by atomic mass is 127. The highest BCUT2D eigenvalue weighted by Gasteiger charge is 2.25. The van der Waals surface area contributed by atoms with Crippen molar-refractivity contribution in [2.75, 3.05) is 33.8 Å². The number of rotatable bonds is 11. The molecule has 30 heavy (non-hydrogen) atoms. The van der Waals surface area contributed by atoms with E-state index in [1.165, 1.54) is 39.5 Å². The fraction of sp³-hybridized carbons (Fsp3) is 0.389. The molecule has 0 radical (unpaired) electrons. The van der Waals surface area contributed by atoms with Crippen molar-refractivity contribution < 1.29 is 31.6 Å². The number of ether oxygens (including phenoxy) is 3. The summed E-state index contributed by atoms with van der Waals surface area (Å²) in [5, 5.41) is 5.09. The summed E-state index contributed by atoms with van der Waals surface area (Å²) < 4.78 is 45.1. The topological polar surface area (TPSA) is 112 Å². The summed E-state index contributed by atoms with van der Waals surface area (Å²) in [7, 11) is 0.129. The molecule has 1 rings (SSSR count). The van der Waals surface area contributed by atoms with Gasteiger partial charge in [0.1, 0.15) is 5.75 Å². The Balaban J connectivity index is 3.12. The van der Waals surface area contributed by atoms with Gasteiger partial charge in [-0.3, -0.25) is 0 Å². The first-order valence-electron chi connectivity index (χ1n) is 8.55. The van der Waals surface area contributed by atoms with E-state index in [1.54, 1.807) is 41.7 Å². The zero-order chi connectivity index (χ0) is 22.7. The number of hydrogen-bond acceptors (Lipinski definition) is 7. The fourth-order valence-corrected chi connectivity index (χ4v) is 3.73. The van der Waals surface area contributed by atoms with Gasteiger partial charge in [-0.25, -0.2) is 4.79 Å². The van der Waals surface area contributed by atoms with Crippen LogP contribution in [-0.2, 0) is 10.1 Å². The second-order valence-electron chi connectivity index (χ2n) is 5.48. The molecular formula is C18H24ClIN2O7S. The van der Waals surface area contributed by atoms with E-state index in [2.05, 4.69) is 10.6 Å². The molecule has 0 unspecified atom stereocenters. The van der Waals surface area contributed by atoms with Crippen LogP contribution in [0.2, 0.25) is 0 Å². The molecule has 0 aliphatic carbocycles. The Labute approximate surface area is 195 Å². The van der Waals surface area contributed by atoms with Crippen LogP contribution in [0.3, 0.4) is 0 Å². The molecule has 1 aromatic carbocycles. The number of benzene rings is 1. The lowest BCUT2D eigenvalue weighted by Gasteiger charge is -2.16. The van der Waals surface area contributed by atoms with Gasteiger partial charge in [-0.1, -0.05) is 28.7 Å². The Morgan fingerprint density at radius 2 is 1.80 bits per heavy atom. The van der Waals surface area contributed by atoms with E-state index >= 15 is 0 Å². The van der Waals surface area contributed by atoms with E-state index in [-0.39, 0.29) is 35.4 Å². The number of nitrogens with one attached hydrogen (secondary N) is 2. The Bertz CT molecular complexity index is 866. The molecule has 1 atom stereocenters. The van der Waals surface area contributed by atoms with E-state index in [0.717, 1.165) is 0 Å². The number of urea groups is 1. The number of halogens is 2. The molecule has 0 saturated heterocycles. The number of alkyl halides is 2. The first kappa shape index (κ1) is 26.2. The summed E-state index contributed by atoms with van der Waals surface area (Å²) in [6.45, 7) is 2.00. The predicted molar refractivity (Wildman–Crippen MR) is 124 cm³/mol. The zero-order valence-electron chi connectivity index (χ0n) is 16.9. The minimum atomic E-state index is -4.12. The molecule has 0 aliphatic rings. The van der Waals surface area contributed by atoms with Crippen molar-refractivity contribution in [3.8, 4) is 23.0 Å². The maximum atomic E-state index is 12.7. The van der Waals surface area contributed by atoms with E-state index in [4.69, 9.17) is 30.0 Å². The molecule has 0 saturated carbocycles. The third-order valence-electron chi connectivity index (χ3n) is 3.42. The lowest BCUT2D eigenvalue weighted by atomic mass is 10.2. The number of allylic oxidation sites excluding steroid dienone is 2. The smallest absolute Gasteiger partial charge is 0.325 e. The predicted octanol–water partition coefficient (Wildman–Crippen LogP) is 3.18. The summed E-state index contributed by atoms with van der Waals surface area (Å²) in [4.78, 5) is 11.8. The Morgan fingerprint density at radius 3 is 2.27 bits per heavy atom. The molecule has 9 nitrogen and oxygen atoms in total. The van der Waals surface area contributed by atoms with E-state index in [0.29, 0.717) is 5.75 Å². The molecule has 0 spiro atoms. The molecule has 2 N–H and O–H groups in total. The standard InChI is InChI=1S/C18H24ClIN2O7S/c1-5-6-12(22-18(23)21-8-7-19)9-16(20)30(24,25)29-13-10-14(26-2)17(28-4)15(11-13)27-3/h5-6,9-11,16H,7-8H2,1-4H3,(H2,21,22,23)/b6-5-,12-9+/t16-/m1/s1. The normalized spacial score (nSPS) is 12.9. The highest BCUT2D eigenvalue weighted by molar-refractivity contribution is 14.1. The van der Waals surface area contributed by atoms with E-state index in [9.17, 15) is 13.2 Å². The van der Waals surface area contributed by atoms with Gasteiger partial charge >= 0.3 is 16.1 Å². The number of carbonyl (C=O) groups is 1. The number of amides is 2. The minimum Gasteiger partial charge on any atom is -0.493 e. The lowest BCUT2D eigenvalue weighted by molar-refractivity contribution is 0.244. The van der Waals surface area contributed by atoms with Crippen LogP contribution in [0.15, 0.2) is 36.1 Å². The van der Waals surface area contributed by atoms with Gasteiger partial charge in [0.25, 0.3) is 0 Å². The number of methoxy groups -OCH3 is 3. The minimum absolute atomic E-state index is 0.0139. The molecule has 0 heterocycles. The molecule has 0 fully saturated rings. The third-order valence-corrected chi connectivity index (χ3v) is 6.95. The van der Waals surface area contributed by atoms with Crippen molar-refractivity contribution in [1.82, 2.24) is 10.6 Å². The SMILES string of the molecule is C/C=C\C(=C/[C@H](I)S(=O)(=O)Oc1cc(OC)c(OC)c(OC)c1)NC(=O)NCCCl. The van der Waals surface area contributed by atoms with Gasteiger partial charge in [0.05, 0.1) is 21.3 Å². The van der Waals surface area contributed by atoms with Crippen molar-refractivity contribution in [2.45, 2.75) is 10.2 Å². The Morgan fingerprint density at radius 1 is 1.20 bits per heavy atom. The first-order chi connectivity index (χ1) is 14.2. The molecular weight excluding hydrogens is 551 g/mol. The van der Waals surface area contributed by atoms with Crippen LogP contribution in [0, 0.1) is 0 Å². The zero-order valence-corrected chi connectivity index (χ0v) is 20.6. The summed E-state index contributed by atoms with van der Waals surface area (Å²) in [5.74, 6) is 1.03. The summed E-state index contributed by atoms with van der Waals surface area (Å²) >= 11 is 7.22. The van der Waals surface area contributed by atoms with Crippen LogP contribution in [0.1, 0.15) is 6.92 Å². The largest absolute Gasteiger partial charge is 0.493 e. The van der Waals surface area contributed by atoms with Gasteiger partial charge < -0.3 is 29.0 Å². The number of hydrogen-bond donors (Lipinski definition) is 2. The first-order valence-corrected chi connectivity index (χ1v) is 11.8. The van der Waals surface area contributed by atoms with Crippen molar-refractivity contribution in [3.05, 3.63) is 36.1 Å². The third kappa shape index (κ3) is 7.76. The van der Waals surface area contributed by atoms with Gasteiger partial charge in [-0.05, 0) is 19.1 Å². The van der Waals surface area contributed by atoms with Gasteiger partial charge in [0.15, 0.2) is 14.8 Å². The molecule has 2 amide bonds. The fourth-order valence-electron chi connectivity index (χ4n) is 2.16. The van der Waals surface area contributed by atoms with Crippen LogP contribution in [0.4, 0.5) is 4.79 Å². The van der Waals surface area contributed by atoms with Crippen molar-refractivity contribution in [3.63, 3.8) is 0 Å².